The summed E-state index contributed by atoms with van der Waals surface area (Å²) in [7, 11) is 1.64. The van der Waals surface area contributed by atoms with E-state index in [0.717, 1.165) is 43.5 Å². The van der Waals surface area contributed by atoms with Gasteiger partial charge in [0.2, 0.25) is 5.88 Å². The summed E-state index contributed by atoms with van der Waals surface area (Å²) in [6.07, 6.45) is 5.54. The minimum atomic E-state index is 0. The fourth-order valence-electron chi connectivity index (χ4n) is 3.03. The Morgan fingerprint density at radius 1 is 1.35 bits per heavy atom. The van der Waals surface area contributed by atoms with E-state index in [9.17, 15) is 0 Å². The third kappa shape index (κ3) is 8.07. The Bertz CT molecular complexity index is 532. The Morgan fingerprint density at radius 2 is 2.12 bits per heavy atom. The molecule has 2 N–H and O–H groups in total. The third-order valence-electron chi connectivity index (χ3n) is 4.61. The first-order chi connectivity index (χ1) is 12.2. The molecule has 7 heteroatoms. The molecule has 0 spiro atoms. The number of hydrogen-bond acceptors (Lipinski definition) is 4. The highest BCUT2D eigenvalue weighted by Gasteiger charge is 2.14. The molecule has 0 aromatic carbocycles. The quantitative estimate of drug-likeness (QED) is 0.262. The second-order valence-corrected chi connectivity index (χ2v) is 6.67. The van der Waals surface area contributed by atoms with Crippen LogP contribution in [-0.4, -0.2) is 55.7 Å². The van der Waals surface area contributed by atoms with Crippen LogP contribution in [0.1, 0.15) is 38.7 Å². The number of aliphatic imine (C=N–C) groups is 1. The van der Waals surface area contributed by atoms with E-state index in [1.807, 2.05) is 12.1 Å². The first-order valence-electron chi connectivity index (χ1n) is 9.45. The van der Waals surface area contributed by atoms with Gasteiger partial charge in [-0.15, -0.1) is 24.0 Å². The molecule has 1 aromatic rings. The summed E-state index contributed by atoms with van der Waals surface area (Å²) in [5.74, 6) is 2.38. The fraction of sp³-hybridized carbons (Fsp3) is 0.684. The van der Waals surface area contributed by atoms with E-state index in [0.29, 0.717) is 12.4 Å². The van der Waals surface area contributed by atoms with Gasteiger partial charge >= 0.3 is 0 Å². The highest BCUT2D eigenvalue weighted by molar-refractivity contribution is 14.0. The summed E-state index contributed by atoms with van der Waals surface area (Å²) in [5.41, 5.74) is 0.990. The molecule has 0 unspecified atom stereocenters. The van der Waals surface area contributed by atoms with Crippen molar-refractivity contribution in [2.75, 3.05) is 39.8 Å². The maximum Gasteiger partial charge on any atom is 0.218 e. The van der Waals surface area contributed by atoms with Gasteiger partial charge in [0.25, 0.3) is 0 Å². The van der Waals surface area contributed by atoms with Gasteiger partial charge in [-0.3, -0.25) is 0 Å². The van der Waals surface area contributed by atoms with Gasteiger partial charge in [0.05, 0.1) is 13.7 Å². The summed E-state index contributed by atoms with van der Waals surface area (Å²) in [6.45, 7) is 10.4. The first kappa shape index (κ1) is 23.0. The Morgan fingerprint density at radius 3 is 2.81 bits per heavy atom. The highest BCUT2D eigenvalue weighted by Crippen LogP contribution is 2.16. The van der Waals surface area contributed by atoms with Crippen molar-refractivity contribution in [3.05, 3.63) is 23.9 Å². The number of aromatic nitrogens is 1. The Balaban J connectivity index is 0.00000338. The SMILES string of the molecule is CCNC(=NCc1cccnc1OC)NCCCN1CCC(C)CC1.I. The van der Waals surface area contributed by atoms with Crippen LogP contribution in [0.15, 0.2) is 23.3 Å². The second-order valence-electron chi connectivity index (χ2n) is 6.67. The monoisotopic (exact) mass is 475 g/mol. The molecule has 1 saturated heterocycles. The van der Waals surface area contributed by atoms with Gasteiger partial charge in [-0.2, -0.15) is 0 Å². The zero-order valence-corrected chi connectivity index (χ0v) is 18.7. The molecule has 0 saturated carbocycles. The maximum atomic E-state index is 5.28. The summed E-state index contributed by atoms with van der Waals surface area (Å²) in [6, 6.07) is 3.91. The number of nitrogens with zero attached hydrogens (tertiary/aromatic N) is 3. The molecule has 0 amide bonds. The van der Waals surface area contributed by atoms with E-state index >= 15 is 0 Å². The predicted molar refractivity (Wildman–Crippen MR) is 118 cm³/mol. The zero-order valence-electron chi connectivity index (χ0n) is 16.3. The number of halogens is 1. The van der Waals surface area contributed by atoms with Crippen LogP contribution in [0, 0.1) is 5.92 Å². The number of piperidine rings is 1. The summed E-state index contributed by atoms with van der Waals surface area (Å²) < 4.78 is 5.28. The molecule has 6 nitrogen and oxygen atoms in total. The van der Waals surface area contributed by atoms with Gasteiger partial charge < -0.3 is 20.3 Å². The van der Waals surface area contributed by atoms with E-state index < -0.39 is 0 Å². The number of methoxy groups -OCH3 is 1. The van der Waals surface area contributed by atoms with Crippen LogP contribution in [0.3, 0.4) is 0 Å². The van der Waals surface area contributed by atoms with Crippen LogP contribution in [0.4, 0.5) is 0 Å². The van der Waals surface area contributed by atoms with Crippen molar-refractivity contribution in [1.29, 1.82) is 0 Å². The summed E-state index contributed by atoms with van der Waals surface area (Å²) in [5, 5.41) is 6.73. The molecule has 0 aliphatic carbocycles. The molecule has 2 heterocycles. The highest BCUT2D eigenvalue weighted by atomic mass is 127. The van der Waals surface area contributed by atoms with Crippen molar-refractivity contribution in [1.82, 2.24) is 20.5 Å². The average Bonchev–Trinajstić information content (AvgIpc) is 2.64. The molecule has 0 radical (unpaired) electrons. The molecular weight excluding hydrogens is 441 g/mol. The van der Waals surface area contributed by atoms with Gasteiger partial charge in [0.1, 0.15) is 0 Å². The number of rotatable bonds is 8. The standard InChI is InChI=1S/C19H33N5O.HI/c1-4-20-19(23-15-17-7-5-10-21-18(17)25-3)22-11-6-12-24-13-8-16(2)9-14-24;/h5,7,10,16H,4,6,8-9,11-15H2,1-3H3,(H2,20,22,23);1H. The number of pyridine rings is 1. The van der Waals surface area contributed by atoms with E-state index in [4.69, 9.17) is 4.74 Å². The van der Waals surface area contributed by atoms with Gasteiger partial charge in [0.15, 0.2) is 5.96 Å². The zero-order chi connectivity index (χ0) is 17.9. The Hall–Kier alpha value is -1.09. The minimum Gasteiger partial charge on any atom is -0.481 e. The third-order valence-corrected chi connectivity index (χ3v) is 4.61. The number of likely N-dealkylation sites (tertiary alicyclic amines) is 1. The van der Waals surface area contributed by atoms with Gasteiger partial charge in [-0.05, 0) is 57.8 Å². The van der Waals surface area contributed by atoms with Crippen LogP contribution in [-0.2, 0) is 6.54 Å². The van der Waals surface area contributed by atoms with E-state index in [1.165, 1.54) is 25.9 Å². The lowest BCUT2D eigenvalue weighted by Gasteiger charge is -2.30. The maximum absolute atomic E-state index is 5.28. The van der Waals surface area contributed by atoms with Crippen molar-refractivity contribution in [2.45, 2.75) is 39.7 Å². The molecule has 1 aromatic heterocycles. The number of guanidine groups is 1. The number of nitrogens with one attached hydrogen (secondary N) is 2. The molecule has 148 valence electrons. The largest absolute Gasteiger partial charge is 0.481 e. The lowest BCUT2D eigenvalue weighted by atomic mass is 9.99. The van der Waals surface area contributed by atoms with Crippen molar-refractivity contribution < 1.29 is 4.74 Å². The molecular formula is C19H34IN5O. The van der Waals surface area contributed by atoms with Crippen LogP contribution < -0.4 is 15.4 Å². The van der Waals surface area contributed by atoms with Crippen LogP contribution in [0.25, 0.3) is 0 Å². The lowest BCUT2D eigenvalue weighted by molar-refractivity contribution is 0.191. The first-order valence-corrected chi connectivity index (χ1v) is 9.45. The molecule has 1 aliphatic rings. The van der Waals surface area contributed by atoms with Gasteiger partial charge in [-0.1, -0.05) is 13.0 Å². The Kier molecular flexibility index (Phi) is 11.6. The topological polar surface area (TPSA) is 61.8 Å². The van der Waals surface area contributed by atoms with Crippen LogP contribution in [0.5, 0.6) is 5.88 Å². The van der Waals surface area contributed by atoms with Crippen molar-refractivity contribution >= 4 is 29.9 Å². The summed E-state index contributed by atoms with van der Waals surface area (Å²) in [4.78, 5) is 11.4. The van der Waals surface area contributed by atoms with E-state index in [2.05, 4.69) is 39.4 Å². The molecule has 0 atom stereocenters. The van der Waals surface area contributed by atoms with Crippen molar-refractivity contribution in [3.8, 4) is 5.88 Å². The molecule has 1 fully saturated rings. The van der Waals surface area contributed by atoms with Crippen molar-refractivity contribution in [3.63, 3.8) is 0 Å². The fourth-order valence-corrected chi connectivity index (χ4v) is 3.03. The Labute approximate surface area is 175 Å². The molecule has 2 rings (SSSR count). The normalized spacial score (nSPS) is 16.0. The molecule has 0 bridgehead atoms. The van der Waals surface area contributed by atoms with E-state index in [1.54, 1.807) is 13.3 Å². The van der Waals surface area contributed by atoms with Crippen molar-refractivity contribution in [2.24, 2.45) is 10.9 Å². The minimum absolute atomic E-state index is 0. The number of hydrogen-bond donors (Lipinski definition) is 2. The molecule has 1 aliphatic heterocycles. The average molecular weight is 475 g/mol. The predicted octanol–water partition coefficient (Wildman–Crippen LogP) is 2.89. The smallest absolute Gasteiger partial charge is 0.218 e. The van der Waals surface area contributed by atoms with Gasteiger partial charge in [-0.25, -0.2) is 9.98 Å². The summed E-state index contributed by atoms with van der Waals surface area (Å²) >= 11 is 0. The van der Waals surface area contributed by atoms with Gasteiger partial charge in [0, 0.05) is 24.8 Å². The lowest BCUT2D eigenvalue weighted by Crippen LogP contribution is -2.39. The second kappa shape index (κ2) is 13.1. The van der Waals surface area contributed by atoms with Crippen LogP contribution >= 0.6 is 24.0 Å². The van der Waals surface area contributed by atoms with E-state index in [-0.39, 0.29) is 24.0 Å². The molecule has 26 heavy (non-hydrogen) atoms. The van der Waals surface area contributed by atoms with Crippen LogP contribution in [0.2, 0.25) is 0 Å². The number of ether oxygens (including phenoxy) is 1.